The van der Waals surface area contributed by atoms with Crippen LogP contribution in [0, 0.1) is 23.7 Å². The molecule has 0 aromatic heterocycles. The third-order valence-corrected chi connectivity index (χ3v) is 6.42. The first kappa shape index (κ1) is 21.5. The Kier molecular flexibility index (Phi) is 7.81. The largest absolute Gasteiger partial charge is 0.481 e. The molecule has 0 saturated heterocycles. The predicted octanol–water partition coefficient (Wildman–Crippen LogP) is 5.21. The minimum Gasteiger partial charge on any atom is -0.481 e. The summed E-state index contributed by atoms with van der Waals surface area (Å²) in [4.78, 5) is 11.7. The van der Waals surface area contributed by atoms with E-state index in [4.69, 9.17) is 12.2 Å². The van der Waals surface area contributed by atoms with Crippen LogP contribution in [0.1, 0.15) is 51.9 Å². The average Bonchev–Trinajstić information content (AvgIpc) is 3.33. The minimum absolute atomic E-state index is 0.187. The summed E-state index contributed by atoms with van der Waals surface area (Å²) in [7, 11) is 0. The standard InChI is InChI=1S/C23H31N3O2S/c1-16(25-26-23(29)24-19-9-5-3-6-10-19)8-4-2-7-11-20(22(27)28)21-15-17-12-13-18(21)14-17/h2-6,9-10,17-18,20-21H,7-8,11-15H2,1H3,(H,27,28)(H2,24,26,29)/b4-2-,25-16?/t17-,18+,20?,21+/m0/s1. The highest BCUT2D eigenvalue weighted by Crippen LogP contribution is 2.51. The first-order valence-corrected chi connectivity index (χ1v) is 11.0. The molecule has 0 radical (unpaired) electrons. The van der Waals surface area contributed by atoms with E-state index >= 15 is 0 Å². The molecule has 0 aliphatic heterocycles. The number of para-hydroxylation sites is 1. The molecule has 6 heteroatoms. The van der Waals surface area contributed by atoms with Gasteiger partial charge in [-0.05, 0) is 81.1 Å². The van der Waals surface area contributed by atoms with Gasteiger partial charge in [-0.2, -0.15) is 5.10 Å². The van der Waals surface area contributed by atoms with Crippen LogP contribution in [-0.2, 0) is 4.79 Å². The highest BCUT2D eigenvalue weighted by atomic mass is 32.1. The number of nitrogens with one attached hydrogen (secondary N) is 2. The molecule has 156 valence electrons. The summed E-state index contributed by atoms with van der Waals surface area (Å²) in [5.74, 6) is 1.03. The van der Waals surface area contributed by atoms with Crippen LogP contribution < -0.4 is 10.7 Å². The number of fused-ring (bicyclic) bond motifs is 2. The van der Waals surface area contributed by atoms with Crippen molar-refractivity contribution < 1.29 is 9.90 Å². The minimum atomic E-state index is -0.614. The van der Waals surface area contributed by atoms with Crippen molar-refractivity contribution in [3.05, 3.63) is 42.5 Å². The second kappa shape index (κ2) is 10.5. The number of benzene rings is 1. The molecule has 2 saturated carbocycles. The monoisotopic (exact) mass is 413 g/mol. The van der Waals surface area contributed by atoms with Crippen molar-refractivity contribution in [3.63, 3.8) is 0 Å². The van der Waals surface area contributed by atoms with Gasteiger partial charge in [-0.15, -0.1) is 0 Å². The van der Waals surface area contributed by atoms with Crippen molar-refractivity contribution in [1.29, 1.82) is 0 Å². The molecule has 0 heterocycles. The highest BCUT2D eigenvalue weighted by molar-refractivity contribution is 7.80. The van der Waals surface area contributed by atoms with Gasteiger partial charge in [-0.3, -0.25) is 10.2 Å². The molecule has 3 N–H and O–H groups in total. The quantitative estimate of drug-likeness (QED) is 0.224. The van der Waals surface area contributed by atoms with Crippen molar-refractivity contribution in [3.8, 4) is 0 Å². The van der Waals surface area contributed by atoms with Gasteiger partial charge in [0.05, 0.1) is 5.92 Å². The molecule has 1 aromatic carbocycles. The van der Waals surface area contributed by atoms with Crippen molar-refractivity contribution in [2.24, 2.45) is 28.8 Å². The molecule has 2 fully saturated rings. The molecule has 4 atom stereocenters. The first-order valence-electron chi connectivity index (χ1n) is 10.6. The van der Waals surface area contributed by atoms with Crippen molar-refractivity contribution in [1.82, 2.24) is 5.43 Å². The number of carbonyl (C=O) groups is 1. The SMILES string of the molecule is CC(C/C=C\CCC(C(=O)O)[C@@H]1C[C@H]2CC[C@@H]1C2)=NNC(=S)Nc1ccccc1. The van der Waals surface area contributed by atoms with Crippen LogP contribution in [0.25, 0.3) is 0 Å². The van der Waals surface area contributed by atoms with E-state index in [-0.39, 0.29) is 5.92 Å². The zero-order valence-corrected chi connectivity index (χ0v) is 17.8. The Morgan fingerprint density at radius 2 is 2.07 bits per heavy atom. The summed E-state index contributed by atoms with van der Waals surface area (Å²) in [5, 5.41) is 17.5. The van der Waals surface area contributed by atoms with Gasteiger partial charge in [0.2, 0.25) is 0 Å². The van der Waals surface area contributed by atoms with E-state index in [0.29, 0.717) is 23.4 Å². The van der Waals surface area contributed by atoms with Crippen molar-refractivity contribution in [2.75, 3.05) is 5.32 Å². The molecule has 2 aliphatic carbocycles. The number of carboxylic acid groups (broad SMARTS) is 1. The molecule has 1 unspecified atom stereocenters. The molecular formula is C23H31N3O2S. The van der Waals surface area contributed by atoms with Gasteiger partial charge in [-0.25, -0.2) is 0 Å². The third kappa shape index (κ3) is 6.39. The maximum Gasteiger partial charge on any atom is 0.306 e. The number of thiocarbonyl (C=S) groups is 1. The van der Waals surface area contributed by atoms with Crippen LogP contribution >= 0.6 is 12.2 Å². The molecule has 0 amide bonds. The maximum atomic E-state index is 11.7. The summed E-state index contributed by atoms with van der Waals surface area (Å²) < 4.78 is 0. The van der Waals surface area contributed by atoms with Gasteiger partial charge in [0.1, 0.15) is 0 Å². The summed E-state index contributed by atoms with van der Waals surface area (Å²) in [6, 6.07) is 9.71. The molecule has 2 aliphatic rings. The van der Waals surface area contributed by atoms with E-state index in [1.807, 2.05) is 37.3 Å². The summed E-state index contributed by atoms with van der Waals surface area (Å²) in [5.41, 5.74) is 4.69. The second-order valence-corrected chi connectivity index (χ2v) is 8.72. The van der Waals surface area contributed by atoms with Gasteiger partial charge < -0.3 is 10.4 Å². The average molecular weight is 414 g/mol. The fourth-order valence-electron chi connectivity index (χ4n) is 4.83. The van der Waals surface area contributed by atoms with Crippen LogP contribution in [0.3, 0.4) is 0 Å². The number of hydrogen-bond donors (Lipinski definition) is 3. The summed E-state index contributed by atoms with van der Waals surface area (Å²) in [6.45, 7) is 1.94. The third-order valence-electron chi connectivity index (χ3n) is 6.23. The molecular weight excluding hydrogens is 382 g/mol. The lowest BCUT2D eigenvalue weighted by Crippen LogP contribution is -2.27. The second-order valence-electron chi connectivity index (χ2n) is 8.32. The molecule has 1 aromatic rings. The lowest BCUT2D eigenvalue weighted by atomic mass is 9.77. The van der Waals surface area contributed by atoms with Gasteiger partial charge >= 0.3 is 5.97 Å². The van der Waals surface area contributed by atoms with Gasteiger partial charge in [0.25, 0.3) is 0 Å². The molecule has 0 spiro atoms. The lowest BCUT2D eigenvalue weighted by Gasteiger charge is -2.27. The van der Waals surface area contributed by atoms with E-state index in [1.165, 1.54) is 19.3 Å². The number of hydrazone groups is 1. The molecule has 5 nitrogen and oxygen atoms in total. The van der Waals surface area contributed by atoms with Crippen molar-refractivity contribution >= 4 is 34.7 Å². The van der Waals surface area contributed by atoms with Crippen molar-refractivity contribution in [2.45, 2.75) is 51.9 Å². The van der Waals surface area contributed by atoms with Gasteiger partial charge in [-0.1, -0.05) is 36.8 Å². The Labute approximate surface area is 178 Å². The van der Waals surface area contributed by atoms with E-state index < -0.39 is 5.97 Å². The van der Waals surface area contributed by atoms with E-state index in [1.54, 1.807) is 0 Å². The predicted molar refractivity (Wildman–Crippen MR) is 122 cm³/mol. The van der Waals surface area contributed by atoms with Crippen LogP contribution in [0.15, 0.2) is 47.6 Å². The van der Waals surface area contributed by atoms with Gasteiger partial charge in [0.15, 0.2) is 5.11 Å². The Bertz CT molecular complexity index is 763. The lowest BCUT2D eigenvalue weighted by molar-refractivity contribution is -0.144. The van der Waals surface area contributed by atoms with Crippen LogP contribution in [0.2, 0.25) is 0 Å². The van der Waals surface area contributed by atoms with E-state index in [2.05, 4.69) is 28.0 Å². The topological polar surface area (TPSA) is 73.7 Å². The zero-order valence-electron chi connectivity index (χ0n) is 17.0. The Balaban J connectivity index is 1.37. The maximum absolute atomic E-state index is 11.7. The fraction of sp³-hybridized carbons (Fsp3) is 0.522. The Hall–Kier alpha value is -2.21. The first-order chi connectivity index (χ1) is 14.0. The highest BCUT2D eigenvalue weighted by Gasteiger charge is 2.44. The summed E-state index contributed by atoms with van der Waals surface area (Å²) in [6.07, 6.45) is 11.3. The number of hydrogen-bond acceptors (Lipinski definition) is 3. The zero-order chi connectivity index (χ0) is 20.6. The fourth-order valence-corrected chi connectivity index (χ4v) is 4.99. The number of allylic oxidation sites excluding steroid dienone is 2. The molecule has 29 heavy (non-hydrogen) atoms. The Morgan fingerprint density at radius 3 is 2.72 bits per heavy atom. The van der Waals surface area contributed by atoms with Crippen LogP contribution in [0.4, 0.5) is 5.69 Å². The van der Waals surface area contributed by atoms with E-state index in [9.17, 15) is 9.90 Å². The number of carboxylic acids is 1. The molecule has 3 rings (SSSR count). The molecule has 2 bridgehead atoms. The number of anilines is 1. The van der Waals surface area contributed by atoms with E-state index in [0.717, 1.165) is 36.6 Å². The normalized spacial score (nSPS) is 24.6. The number of aliphatic carboxylic acids is 1. The number of rotatable bonds is 9. The van der Waals surface area contributed by atoms with Crippen LogP contribution in [-0.4, -0.2) is 21.9 Å². The smallest absolute Gasteiger partial charge is 0.306 e. The van der Waals surface area contributed by atoms with Gasteiger partial charge in [0, 0.05) is 17.8 Å². The number of nitrogens with zero attached hydrogens (tertiary/aromatic N) is 1. The summed E-state index contributed by atoms with van der Waals surface area (Å²) >= 11 is 5.23. The Morgan fingerprint density at radius 1 is 1.28 bits per heavy atom. The van der Waals surface area contributed by atoms with Crippen LogP contribution in [0.5, 0.6) is 0 Å².